The van der Waals surface area contributed by atoms with E-state index in [4.69, 9.17) is 9.47 Å². The van der Waals surface area contributed by atoms with Crippen LogP contribution in [0.15, 0.2) is 0 Å². The van der Waals surface area contributed by atoms with Gasteiger partial charge in [-0.2, -0.15) is 13.5 Å². The minimum atomic E-state index is -0.389. The van der Waals surface area contributed by atoms with E-state index in [0.29, 0.717) is 26.0 Å². The third-order valence-electron chi connectivity index (χ3n) is 4.89. The Morgan fingerprint density at radius 2 is 1.59 bits per heavy atom. The van der Waals surface area contributed by atoms with E-state index < -0.39 is 0 Å². The number of nitrogens with one attached hydrogen (secondary N) is 1. The quantitative estimate of drug-likeness (QED) is 0.242. The zero-order valence-corrected chi connectivity index (χ0v) is 20.3. The van der Waals surface area contributed by atoms with Crippen LogP contribution >= 0.6 is 13.5 Å². The number of esters is 1. The van der Waals surface area contributed by atoms with Crippen LogP contribution < -0.4 is 5.32 Å². The third kappa shape index (κ3) is 20.1. The Bertz CT molecular complexity index is 397. The van der Waals surface area contributed by atoms with Crippen LogP contribution in [-0.4, -0.2) is 56.4 Å². The van der Waals surface area contributed by atoms with Gasteiger partial charge in [-0.3, -0.25) is 4.79 Å². The first-order valence-corrected chi connectivity index (χ1v) is 11.3. The van der Waals surface area contributed by atoms with Gasteiger partial charge in [-0.25, -0.2) is 4.79 Å². The molecule has 0 aromatic carbocycles. The zero-order chi connectivity index (χ0) is 21.0. The van der Waals surface area contributed by atoms with E-state index in [1.165, 1.54) is 25.7 Å². The summed E-state index contributed by atoms with van der Waals surface area (Å²) in [5, 5.41) is 2.81. The van der Waals surface area contributed by atoms with Gasteiger partial charge < -0.3 is 19.7 Å². The molecule has 0 saturated heterocycles. The van der Waals surface area contributed by atoms with E-state index in [-0.39, 0.29) is 31.7 Å². The number of carbonyl (C=O) groups is 2. The average Bonchev–Trinajstić information content (AvgIpc) is 2.68. The lowest BCUT2D eigenvalue weighted by atomic mass is 10.0. The largest absolute Gasteiger partial charge is 0.466 e. The van der Waals surface area contributed by atoms with Crippen LogP contribution in [0, 0.1) is 0 Å². The summed E-state index contributed by atoms with van der Waals surface area (Å²) in [6, 6.07) is 0. The molecule has 0 aliphatic rings. The van der Waals surface area contributed by atoms with E-state index >= 15 is 0 Å². The van der Waals surface area contributed by atoms with Gasteiger partial charge in [0, 0.05) is 19.5 Å². The van der Waals surface area contributed by atoms with Crippen molar-refractivity contribution in [3.8, 4) is 0 Å². The second-order valence-corrected chi connectivity index (χ2v) is 7.52. The Morgan fingerprint density at radius 3 is 2.24 bits per heavy atom. The predicted molar refractivity (Wildman–Crippen MR) is 125 cm³/mol. The Balaban J connectivity index is 0. The maximum atomic E-state index is 12.1. The minimum Gasteiger partial charge on any atom is -0.466 e. The van der Waals surface area contributed by atoms with Crippen molar-refractivity contribution in [3.05, 3.63) is 0 Å². The number of carbonyl (C=O) groups excluding carboxylic acids is 2. The molecule has 6 nitrogen and oxygen atoms in total. The van der Waals surface area contributed by atoms with Crippen molar-refractivity contribution in [2.45, 2.75) is 97.5 Å². The summed E-state index contributed by atoms with van der Waals surface area (Å²) in [6.45, 7) is 9.12. The van der Waals surface area contributed by atoms with Crippen LogP contribution in [0.2, 0.25) is 0 Å². The average molecular weight is 435 g/mol. The smallest absolute Gasteiger partial charge is 0.407 e. The van der Waals surface area contributed by atoms with Crippen LogP contribution in [0.4, 0.5) is 4.79 Å². The van der Waals surface area contributed by atoms with Crippen molar-refractivity contribution in [2.24, 2.45) is 0 Å². The van der Waals surface area contributed by atoms with Gasteiger partial charge in [0.25, 0.3) is 0 Å². The standard InChI is InChI=1S/C22H44N2O4.H2S/c1-5-8-10-11-12-13-14-20(15-16-21(25)27-19-9-6-2)28-22(26)23-17-18-24(4)7-3;/h20H,5-19H2,1-4H3,(H,23,26);1H2/t20-;/m0./s1. The molecule has 0 aromatic heterocycles. The van der Waals surface area contributed by atoms with Gasteiger partial charge in [-0.15, -0.1) is 0 Å². The molecule has 0 aromatic rings. The molecule has 0 rings (SSSR count). The molecular weight excluding hydrogens is 388 g/mol. The van der Waals surface area contributed by atoms with Crippen molar-refractivity contribution in [3.63, 3.8) is 0 Å². The summed E-state index contributed by atoms with van der Waals surface area (Å²) in [6.07, 6.45) is 10.1. The van der Waals surface area contributed by atoms with Crippen LogP contribution in [0.3, 0.4) is 0 Å². The van der Waals surface area contributed by atoms with Crippen LogP contribution in [0.25, 0.3) is 0 Å². The lowest BCUT2D eigenvalue weighted by Crippen LogP contribution is -2.35. The second kappa shape index (κ2) is 21.8. The monoisotopic (exact) mass is 434 g/mol. The first-order chi connectivity index (χ1) is 13.5. The molecule has 0 heterocycles. The van der Waals surface area contributed by atoms with Crippen molar-refractivity contribution in [1.29, 1.82) is 0 Å². The molecule has 0 saturated carbocycles. The molecule has 29 heavy (non-hydrogen) atoms. The maximum absolute atomic E-state index is 12.1. The molecule has 0 spiro atoms. The Hall–Kier alpha value is -0.950. The van der Waals surface area contributed by atoms with E-state index in [2.05, 4.69) is 31.0 Å². The van der Waals surface area contributed by atoms with Gasteiger partial charge in [0.05, 0.1) is 6.61 Å². The first-order valence-electron chi connectivity index (χ1n) is 11.3. The fourth-order valence-corrected chi connectivity index (χ4v) is 2.80. The topological polar surface area (TPSA) is 67.9 Å². The highest BCUT2D eigenvalue weighted by atomic mass is 32.1. The van der Waals surface area contributed by atoms with E-state index in [1.54, 1.807) is 0 Å². The Morgan fingerprint density at radius 1 is 0.931 bits per heavy atom. The SMILES string of the molecule is CCCCCCCC[C@@H](CCC(=O)OCCCC)OC(=O)NCCN(C)CC.S. The highest BCUT2D eigenvalue weighted by Crippen LogP contribution is 2.15. The molecule has 0 radical (unpaired) electrons. The van der Waals surface area contributed by atoms with Crippen molar-refractivity contribution in [2.75, 3.05) is 33.3 Å². The molecule has 0 unspecified atom stereocenters. The van der Waals surface area contributed by atoms with Gasteiger partial charge in [-0.05, 0) is 39.3 Å². The van der Waals surface area contributed by atoms with Crippen molar-refractivity contribution in [1.82, 2.24) is 10.2 Å². The van der Waals surface area contributed by atoms with Crippen LogP contribution in [-0.2, 0) is 14.3 Å². The van der Waals surface area contributed by atoms with Crippen molar-refractivity contribution >= 4 is 25.6 Å². The molecule has 1 amide bonds. The Labute approximate surface area is 185 Å². The van der Waals surface area contributed by atoms with Gasteiger partial charge >= 0.3 is 12.1 Å². The zero-order valence-electron chi connectivity index (χ0n) is 19.3. The van der Waals surface area contributed by atoms with Gasteiger partial charge in [0.1, 0.15) is 6.10 Å². The number of likely N-dealkylation sites (N-methyl/N-ethyl adjacent to an activating group) is 1. The number of amides is 1. The fraction of sp³-hybridized carbons (Fsp3) is 0.909. The second-order valence-electron chi connectivity index (χ2n) is 7.52. The van der Waals surface area contributed by atoms with Gasteiger partial charge in [-0.1, -0.05) is 59.3 Å². The summed E-state index contributed by atoms with van der Waals surface area (Å²) < 4.78 is 10.8. The molecule has 174 valence electrons. The molecule has 0 aliphatic carbocycles. The molecular formula is C22H46N2O4S. The lowest BCUT2D eigenvalue weighted by molar-refractivity contribution is -0.144. The molecule has 0 bridgehead atoms. The van der Waals surface area contributed by atoms with Gasteiger partial charge in [0.15, 0.2) is 0 Å². The fourth-order valence-electron chi connectivity index (χ4n) is 2.80. The number of unbranched alkanes of at least 4 members (excludes halogenated alkanes) is 6. The summed E-state index contributed by atoms with van der Waals surface area (Å²) in [7, 11) is 2.01. The third-order valence-corrected chi connectivity index (χ3v) is 4.89. The van der Waals surface area contributed by atoms with Crippen LogP contribution in [0.1, 0.15) is 91.4 Å². The number of ether oxygens (including phenoxy) is 2. The Kier molecular flexibility index (Phi) is 22.7. The number of hydrogen-bond acceptors (Lipinski definition) is 5. The molecule has 0 fully saturated rings. The van der Waals surface area contributed by atoms with E-state index in [9.17, 15) is 9.59 Å². The number of hydrogen-bond donors (Lipinski definition) is 1. The molecule has 0 aliphatic heterocycles. The normalized spacial score (nSPS) is 11.6. The van der Waals surface area contributed by atoms with Gasteiger partial charge in [0.2, 0.25) is 0 Å². The highest BCUT2D eigenvalue weighted by Gasteiger charge is 2.16. The molecule has 1 atom stereocenters. The summed E-state index contributed by atoms with van der Waals surface area (Å²) >= 11 is 0. The highest BCUT2D eigenvalue weighted by molar-refractivity contribution is 7.59. The summed E-state index contributed by atoms with van der Waals surface area (Å²) in [5.74, 6) is -0.199. The number of rotatable bonds is 18. The maximum Gasteiger partial charge on any atom is 0.407 e. The van der Waals surface area contributed by atoms with Crippen molar-refractivity contribution < 1.29 is 19.1 Å². The number of nitrogens with zero attached hydrogens (tertiary/aromatic N) is 1. The lowest BCUT2D eigenvalue weighted by Gasteiger charge is -2.19. The summed E-state index contributed by atoms with van der Waals surface area (Å²) in [5.41, 5.74) is 0. The van der Waals surface area contributed by atoms with Crippen LogP contribution in [0.5, 0.6) is 0 Å². The van der Waals surface area contributed by atoms with E-state index in [0.717, 1.165) is 45.2 Å². The first kappa shape index (κ1) is 30.2. The molecule has 1 N–H and O–H groups in total. The predicted octanol–water partition coefficient (Wildman–Crippen LogP) is 5.02. The molecule has 7 heteroatoms. The number of alkyl carbamates (subject to hydrolysis) is 1. The summed E-state index contributed by atoms with van der Waals surface area (Å²) in [4.78, 5) is 26.1. The minimum absolute atomic E-state index is 0. The van der Waals surface area contributed by atoms with E-state index in [1.807, 2.05) is 7.05 Å².